The second kappa shape index (κ2) is 7.01. The van der Waals surface area contributed by atoms with Crippen LogP contribution in [0.4, 0.5) is 5.82 Å². The average Bonchev–Trinajstić information content (AvgIpc) is 3.11. The van der Waals surface area contributed by atoms with E-state index in [0.717, 1.165) is 5.56 Å². The molecule has 1 unspecified atom stereocenters. The Morgan fingerprint density at radius 2 is 2.00 bits per heavy atom. The monoisotopic (exact) mass is 397 g/mol. The highest BCUT2D eigenvalue weighted by Gasteiger charge is 2.36. The molecule has 28 heavy (non-hydrogen) atoms. The highest BCUT2D eigenvalue weighted by atomic mass is 35.5. The third-order valence-corrected chi connectivity index (χ3v) is 4.97. The Morgan fingerprint density at radius 3 is 2.71 bits per heavy atom. The number of ether oxygens (including phenoxy) is 1. The van der Waals surface area contributed by atoms with Crippen molar-refractivity contribution in [1.82, 2.24) is 10.2 Å². The molecule has 3 aromatic rings. The maximum Gasteiger partial charge on any atom is 0.226 e. The molecular formula is C20H16ClN3O4. The zero-order valence-electron chi connectivity index (χ0n) is 14.8. The quantitative estimate of drug-likeness (QED) is 0.581. The number of fused-ring (bicyclic) bond motifs is 1. The van der Waals surface area contributed by atoms with Crippen LogP contribution >= 0.6 is 11.6 Å². The number of halogens is 1. The molecule has 8 heteroatoms. The van der Waals surface area contributed by atoms with Crippen molar-refractivity contribution in [3.63, 3.8) is 0 Å². The van der Waals surface area contributed by atoms with Crippen molar-refractivity contribution in [2.45, 2.75) is 12.3 Å². The van der Waals surface area contributed by atoms with Gasteiger partial charge in [0, 0.05) is 28.1 Å². The summed E-state index contributed by atoms with van der Waals surface area (Å²) in [7, 11) is 1.41. The zero-order valence-corrected chi connectivity index (χ0v) is 15.6. The van der Waals surface area contributed by atoms with Crippen molar-refractivity contribution in [2.75, 3.05) is 12.4 Å². The van der Waals surface area contributed by atoms with Crippen molar-refractivity contribution in [2.24, 2.45) is 0 Å². The first-order valence-electron chi connectivity index (χ1n) is 8.53. The summed E-state index contributed by atoms with van der Waals surface area (Å²) in [6, 6.07) is 11.5. The van der Waals surface area contributed by atoms with Crippen molar-refractivity contribution in [3.8, 4) is 22.8 Å². The molecule has 142 valence electrons. The Kier molecular flexibility index (Phi) is 4.52. The van der Waals surface area contributed by atoms with Gasteiger partial charge in [0.05, 0.1) is 18.7 Å². The molecule has 0 fully saturated rings. The summed E-state index contributed by atoms with van der Waals surface area (Å²) in [5.41, 5.74) is 2.41. The molecule has 0 spiro atoms. The number of H-pyrrole nitrogens is 1. The smallest absolute Gasteiger partial charge is 0.226 e. The van der Waals surface area contributed by atoms with Crippen LogP contribution in [0.25, 0.3) is 11.3 Å². The van der Waals surface area contributed by atoms with Crippen LogP contribution in [0.2, 0.25) is 5.02 Å². The fourth-order valence-corrected chi connectivity index (χ4v) is 3.47. The third-order valence-electron chi connectivity index (χ3n) is 4.71. The molecule has 1 aromatic heterocycles. The fourth-order valence-electron chi connectivity index (χ4n) is 3.35. The largest absolute Gasteiger partial charge is 0.504 e. The summed E-state index contributed by atoms with van der Waals surface area (Å²) in [6.07, 6.45) is -0.00481. The topological polar surface area (TPSA) is 104 Å². The number of methoxy groups -OCH3 is 1. The van der Waals surface area contributed by atoms with Crippen molar-refractivity contribution >= 4 is 29.1 Å². The van der Waals surface area contributed by atoms with Crippen LogP contribution in [-0.4, -0.2) is 34.1 Å². The molecule has 7 nitrogen and oxygen atoms in total. The lowest BCUT2D eigenvalue weighted by Gasteiger charge is -2.22. The fraction of sp³-hybridized carbons (Fsp3) is 0.150. The number of phenolic OH excluding ortho intramolecular Hbond substituents is 1. The van der Waals surface area contributed by atoms with Crippen LogP contribution < -0.4 is 10.1 Å². The van der Waals surface area contributed by atoms with E-state index in [1.54, 1.807) is 12.1 Å². The van der Waals surface area contributed by atoms with E-state index >= 15 is 0 Å². The van der Waals surface area contributed by atoms with Crippen molar-refractivity contribution in [1.29, 1.82) is 0 Å². The van der Waals surface area contributed by atoms with E-state index in [1.807, 2.05) is 12.1 Å². The van der Waals surface area contributed by atoms with Gasteiger partial charge < -0.3 is 15.2 Å². The number of hydrogen-bond donors (Lipinski definition) is 3. The first-order chi connectivity index (χ1) is 13.5. The van der Waals surface area contributed by atoms with E-state index in [2.05, 4.69) is 15.5 Å². The molecule has 2 heterocycles. The van der Waals surface area contributed by atoms with E-state index in [4.69, 9.17) is 16.3 Å². The standard InChI is InChI=1S/C20H16ClN3O4/c1-28-15-8-11(4-7-14(15)25)19(27)13-9-16(26)22-20-17(13)18(23-24-20)10-2-5-12(21)6-3-10/h2-8,13,25H,9H2,1H3,(H2,22,23,24,26). The van der Waals surface area contributed by atoms with Crippen LogP contribution in [0, 0.1) is 0 Å². The lowest BCUT2D eigenvalue weighted by molar-refractivity contribution is -0.116. The summed E-state index contributed by atoms with van der Waals surface area (Å²) >= 11 is 5.97. The van der Waals surface area contributed by atoms with Gasteiger partial charge in [-0.3, -0.25) is 14.7 Å². The van der Waals surface area contributed by atoms with Gasteiger partial charge in [0.2, 0.25) is 5.91 Å². The average molecular weight is 398 g/mol. The summed E-state index contributed by atoms with van der Waals surface area (Å²) in [6.45, 7) is 0. The van der Waals surface area contributed by atoms with Crippen LogP contribution in [0.1, 0.15) is 28.3 Å². The van der Waals surface area contributed by atoms with E-state index in [1.165, 1.54) is 25.3 Å². The van der Waals surface area contributed by atoms with Gasteiger partial charge in [-0.25, -0.2) is 0 Å². The molecule has 4 rings (SSSR count). The molecule has 1 aliphatic rings. The Labute approximate surface area is 165 Å². The van der Waals surface area contributed by atoms with Crippen molar-refractivity contribution in [3.05, 3.63) is 58.6 Å². The van der Waals surface area contributed by atoms with Crippen LogP contribution in [0.15, 0.2) is 42.5 Å². The number of carbonyl (C=O) groups is 2. The van der Waals surface area contributed by atoms with Gasteiger partial charge in [-0.05, 0) is 30.3 Å². The predicted molar refractivity (Wildman–Crippen MR) is 104 cm³/mol. The van der Waals surface area contributed by atoms with Gasteiger partial charge in [-0.1, -0.05) is 23.7 Å². The zero-order chi connectivity index (χ0) is 19.8. The number of ketones is 1. The van der Waals surface area contributed by atoms with Crippen molar-refractivity contribution < 1.29 is 19.4 Å². The van der Waals surface area contributed by atoms with E-state index in [9.17, 15) is 14.7 Å². The van der Waals surface area contributed by atoms with Gasteiger partial charge in [0.25, 0.3) is 0 Å². The first-order valence-corrected chi connectivity index (χ1v) is 8.91. The molecule has 3 N–H and O–H groups in total. The van der Waals surface area contributed by atoms with E-state index in [0.29, 0.717) is 27.7 Å². The molecule has 1 amide bonds. The Balaban J connectivity index is 1.79. The number of aromatic nitrogens is 2. The minimum atomic E-state index is -0.720. The summed E-state index contributed by atoms with van der Waals surface area (Å²) in [5.74, 6) is -0.799. The second-order valence-corrected chi connectivity index (χ2v) is 6.86. The molecule has 0 bridgehead atoms. The van der Waals surface area contributed by atoms with Gasteiger partial charge in [0.1, 0.15) is 0 Å². The maximum atomic E-state index is 13.2. The predicted octanol–water partition coefficient (Wildman–Crippen LogP) is 3.75. The second-order valence-electron chi connectivity index (χ2n) is 6.42. The molecule has 0 aliphatic carbocycles. The van der Waals surface area contributed by atoms with Crippen LogP contribution in [0.3, 0.4) is 0 Å². The number of nitrogens with one attached hydrogen (secondary N) is 2. The van der Waals surface area contributed by atoms with E-state index in [-0.39, 0.29) is 29.6 Å². The SMILES string of the molecule is COc1cc(C(=O)C2CC(=O)Nc3n[nH]c(-c4ccc(Cl)cc4)c32)ccc1O. The van der Waals surface area contributed by atoms with Crippen LogP contribution in [-0.2, 0) is 4.79 Å². The molecular weight excluding hydrogens is 382 g/mol. The summed E-state index contributed by atoms with van der Waals surface area (Å²) in [5, 5.41) is 20.2. The maximum absolute atomic E-state index is 13.2. The number of benzene rings is 2. The number of phenols is 1. The molecule has 0 radical (unpaired) electrons. The van der Waals surface area contributed by atoms with Gasteiger partial charge >= 0.3 is 0 Å². The normalized spacial score (nSPS) is 15.6. The minimum absolute atomic E-state index is 0.00481. The Morgan fingerprint density at radius 1 is 1.25 bits per heavy atom. The van der Waals surface area contributed by atoms with Crippen LogP contribution in [0.5, 0.6) is 11.5 Å². The third kappa shape index (κ3) is 3.10. The van der Waals surface area contributed by atoms with E-state index < -0.39 is 5.92 Å². The molecule has 0 saturated heterocycles. The highest BCUT2D eigenvalue weighted by Crippen LogP contribution is 2.40. The lowest BCUT2D eigenvalue weighted by atomic mass is 9.84. The number of amides is 1. The Bertz CT molecular complexity index is 1080. The molecule has 0 saturated carbocycles. The summed E-state index contributed by atoms with van der Waals surface area (Å²) in [4.78, 5) is 25.4. The minimum Gasteiger partial charge on any atom is -0.504 e. The van der Waals surface area contributed by atoms with Gasteiger partial charge in [-0.15, -0.1) is 0 Å². The number of aromatic amines is 1. The number of anilines is 1. The Hall–Kier alpha value is -3.32. The number of carbonyl (C=O) groups excluding carboxylic acids is 2. The number of Topliss-reactive ketones (excluding diaryl/α,β-unsaturated/α-hetero) is 1. The number of rotatable bonds is 4. The first kappa shape index (κ1) is 18.1. The number of aromatic hydroxyl groups is 1. The summed E-state index contributed by atoms with van der Waals surface area (Å²) < 4.78 is 5.09. The molecule has 1 aliphatic heterocycles. The van der Waals surface area contributed by atoms with Gasteiger partial charge in [-0.2, -0.15) is 5.10 Å². The van der Waals surface area contributed by atoms with Gasteiger partial charge in [0.15, 0.2) is 23.1 Å². The highest BCUT2D eigenvalue weighted by molar-refractivity contribution is 6.30. The molecule has 2 aromatic carbocycles. The molecule has 1 atom stereocenters. The lowest BCUT2D eigenvalue weighted by Crippen LogP contribution is -2.27. The number of hydrogen-bond acceptors (Lipinski definition) is 5. The number of nitrogens with zero attached hydrogens (tertiary/aromatic N) is 1.